The molecule has 0 N–H and O–H groups in total. The van der Waals surface area contributed by atoms with Crippen molar-refractivity contribution in [2.24, 2.45) is 0 Å². The average Bonchev–Trinajstić information content (AvgIpc) is 3.25. The lowest BCUT2D eigenvalue weighted by Crippen LogP contribution is -2.37. The molecule has 2 heterocycles. The van der Waals surface area contributed by atoms with Crippen molar-refractivity contribution in [3.8, 4) is 11.5 Å². The number of aromatic nitrogens is 2. The Morgan fingerprint density at radius 3 is 2.50 bits per heavy atom. The molecule has 1 aromatic heterocycles. The highest BCUT2D eigenvalue weighted by molar-refractivity contribution is 5.54. The van der Waals surface area contributed by atoms with E-state index in [0.29, 0.717) is 11.8 Å². The molecule has 1 atom stereocenters. The minimum atomic E-state index is 0.0164. The number of rotatable bonds is 6. The topological polar surface area (TPSA) is 54.6 Å². The van der Waals surface area contributed by atoms with Crippen LogP contribution < -0.4 is 4.90 Å². The van der Waals surface area contributed by atoms with Crippen LogP contribution in [-0.2, 0) is 11.3 Å². The molecular formula is C22H26N4O2. The van der Waals surface area contributed by atoms with E-state index in [1.165, 1.54) is 11.3 Å². The summed E-state index contributed by atoms with van der Waals surface area (Å²) in [5, 5.41) is 8.50. The van der Waals surface area contributed by atoms with E-state index in [9.17, 15) is 0 Å². The fraction of sp³-hybridized carbons (Fsp3) is 0.364. The number of benzene rings is 2. The van der Waals surface area contributed by atoms with Crippen LogP contribution in [0.1, 0.15) is 24.4 Å². The Balaban J connectivity index is 1.48. The van der Waals surface area contributed by atoms with Crippen LogP contribution in [0.5, 0.6) is 0 Å². The van der Waals surface area contributed by atoms with Crippen molar-refractivity contribution in [2.45, 2.75) is 19.5 Å². The monoisotopic (exact) mass is 378 g/mol. The lowest BCUT2D eigenvalue weighted by Gasteiger charge is -2.32. The third-order valence-corrected chi connectivity index (χ3v) is 5.24. The van der Waals surface area contributed by atoms with E-state index in [4.69, 9.17) is 9.15 Å². The zero-order chi connectivity index (χ0) is 19.3. The van der Waals surface area contributed by atoms with Crippen molar-refractivity contribution >= 4 is 5.69 Å². The molecular weight excluding hydrogens is 352 g/mol. The Labute approximate surface area is 165 Å². The minimum absolute atomic E-state index is 0.0164. The van der Waals surface area contributed by atoms with E-state index < -0.39 is 0 Å². The van der Waals surface area contributed by atoms with Crippen LogP contribution in [-0.4, -0.2) is 48.4 Å². The highest BCUT2D eigenvalue weighted by atomic mass is 16.5. The van der Waals surface area contributed by atoms with Gasteiger partial charge in [0.15, 0.2) is 0 Å². The van der Waals surface area contributed by atoms with E-state index in [1.54, 1.807) is 0 Å². The number of hydrogen-bond acceptors (Lipinski definition) is 6. The maximum absolute atomic E-state index is 5.95. The quantitative estimate of drug-likeness (QED) is 0.651. The summed E-state index contributed by atoms with van der Waals surface area (Å²) < 4.78 is 11.4. The van der Waals surface area contributed by atoms with Gasteiger partial charge in [-0.2, -0.15) is 0 Å². The van der Waals surface area contributed by atoms with Gasteiger partial charge >= 0.3 is 0 Å². The van der Waals surface area contributed by atoms with Gasteiger partial charge in [-0.25, -0.2) is 0 Å². The Hall–Kier alpha value is -2.70. The summed E-state index contributed by atoms with van der Waals surface area (Å²) in [7, 11) is 2.09. The van der Waals surface area contributed by atoms with E-state index in [1.807, 2.05) is 30.3 Å². The molecule has 0 spiro atoms. The summed E-state index contributed by atoms with van der Waals surface area (Å²) in [4.78, 5) is 4.64. The third-order valence-electron chi connectivity index (χ3n) is 5.24. The second-order valence-corrected chi connectivity index (χ2v) is 7.13. The smallest absolute Gasteiger partial charge is 0.247 e. The zero-order valence-electron chi connectivity index (χ0n) is 16.4. The van der Waals surface area contributed by atoms with Gasteiger partial charge in [0.1, 0.15) is 0 Å². The summed E-state index contributed by atoms with van der Waals surface area (Å²) in [6.07, 6.45) is 0. The molecule has 0 unspecified atom stereocenters. The van der Waals surface area contributed by atoms with Crippen molar-refractivity contribution in [3.05, 3.63) is 66.1 Å². The summed E-state index contributed by atoms with van der Waals surface area (Å²) in [5.74, 6) is 1.19. The summed E-state index contributed by atoms with van der Waals surface area (Å²) in [5.41, 5.74) is 3.51. The number of hydrogen-bond donors (Lipinski definition) is 0. The van der Waals surface area contributed by atoms with Gasteiger partial charge in [-0.1, -0.05) is 36.4 Å². The van der Waals surface area contributed by atoms with Gasteiger partial charge in [0.25, 0.3) is 0 Å². The Kier molecular flexibility index (Phi) is 5.69. The number of ether oxygens (including phenoxy) is 1. The highest BCUT2D eigenvalue weighted by Crippen LogP contribution is 2.27. The Morgan fingerprint density at radius 1 is 1.00 bits per heavy atom. The molecule has 6 heteroatoms. The SMILES string of the molecule is C[C@H](c1nnc(-c2ccccc2)o1)N(C)Cc1ccccc1N1CCOCC1. The van der Waals surface area contributed by atoms with Crippen LogP contribution in [0.15, 0.2) is 59.0 Å². The van der Waals surface area contributed by atoms with Crippen LogP contribution in [0.25, 0.3) is 11.5 Å². The average molecular weight is 378 g/mol. The molecule has 1 aliphatic rings. The number of anilines is 1. The van der Waals surface area contributed by atoms with Crippen LogP contribution >= 0.6 is 0 Å². The predicted octanol–water partition coefficient (Wildman–Crippen LogP) is 3.77. The molecule has 28 heavy (non-hydrogen) atoms. The Morgan fingerprint density at radius 2 is 1.71 bits per heavy atom. The van der Waals surface area contributed by atoms with Crippen LogP contribution in [0.4, 0.5) is 5.69 Å². The lowest BCUT2D eigenvalue weighted by atomic mass is 10.1. The number of para-hydroxylation sites is 1. The maximum atomic E-state index is 5.95. The van der Waals surface area contributed by atoms with E-state index in [-0.39, 0.29) is 6.04 Å². The van der Waals surface area contributed by atoms with Gasteiger partial charge in [-0.05, 0) is 37.7 Å². The first-order chi connectivity index (χ1) is 13.7. The van der Waals surface area contributed by atoms with Gasteiger partial charge in [0.05, 0.1) is 19.3 Å². The van der Waals surface area contributed by atoms with Crippen LogP contribution in [0.2, 0.25) is 0 Å². The van der Waals surface area contributed by atoms with Gasteiger partial charge in [0.2, 0.25) is 11.8 Å². The normalized spacial score (nSPS) is 15.8. The molecule has 1 saturated heterocycles. The van der Waals surface area contributed by atoms with Gasteiger partial charge in [-0.3, -0.25) is 4.90 Å². The first-order valence-corrected chi connectivity index (χ1v) is 9.72. The fourth-order valence-electron chi connectivity index (χ4n) is 3.45. The van der Waals surface area contributed by atoms with E-state index >= 15 is 0 Å². The number of nitrogens with zero attached hydrogens (tertiary/aromatic N) is 4. The number of morpholine rings is 1. The standard InChI is InChI=1S/C22H26N4O2/c1-17(21-23-24-22(28-21)18-8-4-3-5-9-18)25(2)16-19-10-6-7-11-20(19)26-12-14-27-15-13-26/h3-11,17H,12-16H2,1-2H3/t17-/m1/s1. The third kappa shape index (κ3) is 4.08. The molecule has 6 nitrogen and oxygen atoms in total. The summed E-state index contributed by atoms with van der Waals surface area (Å²) in [6, 6.07) is 18.5. The van der Waals surface area contributed by atoms with Crippen molar-refractivity contribution in [1.29, 1.82) is 0 Å². The minimum Gasteiger partial charge on any atom is -0.419 e. The van der Waals surface area contributed by atoms with Crippen molar-refractivity contribution in [2.75, 3.05) is 38.3 Å². The van der Waals surface area contributed by atoms with Crippen LogP contribution in [0.3, 0.4) is 0 Å². The van der Waals surface area contributed by atoms with E-state index in [2.05, 4.69) is 58.2 Å². The second kappa shape index (κ2) is 8.54. The zero-order valence-corrected chi connectivity index (χ0v) is 16.4. The highest BCUT2D eigenvalue weighted by Gasteiger charge is 2.21. The summed E-state index contributed by atoms with van der Waals surface area (Å²) in [6.45, 7) is 6.33. The maximum Gasteiger partial charge on any atom is 0.247 e. The lowest BCUT2D eigenvalue weighted by molar-refractivity contribution is 0.122. The second-order valence-electron chi connectivity index (χ2n) is 7.13. The fourth-order valence-corrected chi connectivity index (χ4v) is 3.45. The summed E-state index contributed by atoms with van der Waals surface area (Å²) >= 11 is 0. The van der Waals surface area contributed by atoms with Gasteiger partial charge < -0.3 is 14.1 Å². The molecule has 1 fully saturated rings. The molecule has 146 valence electrons. The molecule has 0 amide bonds. The first-order valence-electron chi connectivity index (χ1n) is 9.72. The Bertz CT molecular complexity index is 890. The molecule has 0 saturated carbocycles. The van der Waals surface area contributed by atoms with Crippen molar-refractivity contribution in [1.82, 2.24) is 15.1 Å². The largest absolute Gasteiger partial charge is 0.419 e. The van der Waals surface area contributed by atoms with Gasteiger partial charge in [-0.15, -0.1) is 10.2 Å². The molecule has 0 radical (unpaired) electrons. The predicted molar refractivity (Wildman–Crippen MR) is 109 cm³/mol. The molecule has 3 aromatic rings. The molecule has 1 aliphatic heterocycles. The van der Waals surface area contributed by atoms with Crippen molar-refractivity contribution < 1.29 is 9.15 Å². The molecule has 4 rings (SSSR count). The molecule has 0 aliphatic carbocycles. The first kappa shape index (κ1) is 18.7. The van der Waals surface area contributed by atoms with Gasteiger partial charge in [0, 0.05) is 30.9 Å². The molecule has 2 aromatic carbocycles. The van der Waals surface area contributed by atoms with Crippen LogP contribution in [0, 0.1) is 0 Å². The van der Waals surface area contributed by atoms with Crippen molar-refractivity contribution in [3.63, 3.8) is 0 Å². The molecule has 0 bridgehead atoms. The van der Waals surface area contributed by atoms with E-state index in [0.717, 1.165) is 38.4 Å².